The summed E-state index contributed by atoms with van der Waals surface area (Å²) >= 11 is 0. The number of hydrogen-bond donors (Lipinski definition) is 1. The molecule has 26 heavy (non-hydrogen) atoms. The minimum atomic E-state index is -3.26. The highest BCUT2D eigenvalue weighted by Gasteiger charge is 2.37. The Balaban J connectivity index is 1.58. The van der Waals surface area contributed by atoms with Crippen molar-refractivity contribution in [3.8, 4) is 0 Å². The van der Waals surface area contributed by atoms with Crippen molar-refractivity contribution in [2.24, 2.45) is 11.8 Å². The van der Waals surface area contributed by atoms with Gasteiger partial charge in [-0.05, 0) is 44.9 Å². The van der Waals surface area contributed by atoms with Crippen molar-refractivity contribution in [3.05, 3.63) is 0 Å². The summed E-state index contributed by atoms with van der Waals surface area (Å²) < 4.78 is 26.1. The molecule has 148 valence electrons. The SMILES string of the molecule is CCCS(=O)(=O)N1CCCC(C(=O)N2CCCC(C(=O)NC3CC3)C2)C1. The van der Waals surface area contributed by atoms with E-state index >= 15 is 0 Å². The van der Waals surface area contributed by atoms with Crippen LogP contribution in [0, 0.1) is 11.8 Å². The van der Waals surface area contributed by atoms with E-state index in [0.29, 0.717) is 32.1 Å². The lowest BCUT2D eigenvalue weighted by Crippen LogP contribution is -2.51. The second-order valence-electron chi connectivity index (χ2n) is 7.92. The molecule has 0 aromatic rings. The van der Waals surface area contributed by atoms with Gasteiger partial charge in [-0.15, -0.1) is 0 Å². The van der Waals surface area contributed by atoms with Gasteiger partial charge >= 0.3 is 0 Å². The van der Waals surface area contributed by atoms with Gasteiger partial charge in [0.25, 0.3) is 0 Å². The van der Waals surface area contributed by atoms with Crippen molar-refractivity contribution in [1.82, 2.24) is 14.5 Å². The number of rotatable bonds is 6. The molecule has 7 nitrogen and oxygen atoms in total. The Hall–Kier alpha value is -1.15. The van der Waals surface area contributed by atoms with Crippen LogP contribution in [-0.2, 0) is 19.6 Å². The van der Waals surface area contributed by atoms with Gasteiger partial charge in [-0.1, -0.05) is 6.92 Å². The Morgan fingerprint density at radius 2 is 1.69 bits per heavy atom. The quantitative estimate of drug-likeness (QED) is 0.738. The summed E-state index contributed by atoms with van der Waals surface area (Å²) in [5.74, 6) is -0.176. The first-order valence-electron chi connectivity index (χ1n) is 9.97. The molecular weight excluding hydrogens is 354 g/mol. The average Bonchev–Trinajstić information content (AvgIpc) is 3.45. The van der Waals surface area contributed by atoms with E-state index in [0.717, 1.165) is 38.5 Å². The highest BCUT2D eigenvalue weighted by Crippen LogP contribution is 2.26. The molecule has 0 aromatic carbocycles. The monoisotopic (exact) mass is 385 g/mol. The Morgan fingerprint density at radius 1 is 1.00 bits per heavy atom. The van der Waals surface area contributed by atoms with Crippen LogP contribution in [0.3, 0.4) is 0 Å². The van der Waals surface area contributed by atoms with Crippen LogP contribution in [0.5, 0.6) is 0 Å². The molecular formula is C18H31N3O4S. The van der Waals surface area contributed by atoms with Gasteiger partial charge in [-0.2, -0.15) is 0 Å². The van der Waals surface area contributed by atoms with Crippen molar-refractivity contribution in [2.75, 3.05) is 31.9 Å². The van der Waals surface area contributed by atoms with E-state index in [1.54, 1.807) is 4.90 Å². The maximum atomic E-state index is 13.0. The van der Waals surface area contributed by atoms with Crippen LogP contribution >= 0.6 is 0 Å². The van der Waals surface area contributed by atoms with Gasteiger partial charge in [0.1, 0.15) is 0 Å². The van der Waals surface area contributed by atoms with E-state index in [2.05, 4.69) is 5.32 Å². The molecule has 2 atom stereocenters. The first-order chi connectivity index (χ1) is 12.4. The summed E-state index contributed by atoms with van der Waals surface area (Å²) in [5, 5.41) is 3.04. The lowest BCUT2D eigenvalue weighted by Gasteiger charge is -2.37. The number of piperidine rings is 2. The van der Waals surface area contributed by atoms with E-state index in [-0.39, 0.29) is 35.9 Å². The van der Waals surface area contributed by atoms with Gasteiger partial charge in [-0.25, -0.2) is 12.7 Å². The summed E-state index contributed by atoms with van der Waals surface area (Å²) in [6.45, 7) is 3.79. The maximum Gasteiger partial charge on any atom is 0.227 e. The highest BCUT2D eigenvalue weighted by molar-refractivity contribution is 7.89. The summed E-state index contributed by atoms with van der Waals surface area (Å²) in [6.07, 6.45) is 5.81. The molecule has 3 rings (SSSR count). The lowest BCUT2D eigenvalue weighted by atomic mass is 9.93. The van der Waals surface area contributed by atoms with Crippen molar-refractivity contribution in [1.29, 1.82) is 0 Å². The highest BCUT2D eigenvalue weighted by atomic mass is 32.2. The Morgan fingerprint density at radius 3 is 2.38 bits per heavy atom. The van der Waals surface area contributed by atoms with Gasteiger partial charge in [0.15, 0.2) is 0 Å². The molecule has 0 bridgehead atoms. The van der Waals surface area contributed by atoms with Crippen LogP contribution in [0.15, 0.2) is 0 Å². The van der Waals surface area contributed by atoms with Gasteiger partial charge < -0.3 is 10.2 Å². The number of hydrogen-bond acceptors (Lipinski definition) is 4. The normalized spacial score (nSPS) is 28.0. The summed E-state index contributed by atoms with van der Waals surface area (Å²) in [5.41, 5.74) is 0. The second-order valence-corrected chi connectivity index (χ2v) is 10.0. The van der Waals surface area contributed by atoms with Gasteiger partial charge in [0.05, 0.1) is 17.6 Å². The molecule has 2 unspecified atom stereocenters. The first kappa shape index (κ1) is 19.6. The fourth-order valence-corrected chi connectivity index (χ4v) is 5.57. The number of nitrogens with zero attached hydrogens (tertiary/aromatic N) is 2. The molecule has 2 saturated heterocycles. The van der Waals surface area contributed by atoms with E-state index in [9.17, 15) is 18.0 Å². The number of carbonyl (C=O) groups excluding carboxylic acids is 2. The Bertz CT molecular complexity index is 632. The van der Waals surface area contributed by atoms with Gasteiger partial charge in [0, 0.05) is 32.2 Å². The number of sulfonamides is 1. The fraction of sp³-hybridized carbons (Fsp3) is 0.889. The third-order valence-corrected chi connectivity index (χ3v) is 7.66. The molecule has 2 aliphatic heterocycles. The topological polar surface area (TPSA) is 86.8 Å². The number of nitrogens with one attached hydrogen (secondary N) is 1. The standard InChI is InChI=1S/C18H31N3O4S/c1-2-11-26(24,25)21-10-4-6-15(13-21)18(23)20-9-3-5-14(12-20)17(22)19-16-7-8-16/h14-16H,2-13H2,1H3,(H,19,22). The Labute approximate surface area is 156 Å². The zero-order valence-electron chi connectivity index (χ0n) is 15.7. The van der Waals surface area contributed by atoms with Crippen molar-refractivity contribution in [2.45, 2.75) is 57.9 Å². The molecule has 3 fully saturated rings. The summed E-state index contributed by atoms with van der Waals surface area (Å²) in [6, 6.07) is 0.337. The van der Waals surface area contributed by atoms with Crippen molar-refractivity contribution in [3.63, 3.8) is 0 Å². The zero-order chi connectivity index (χ0) is 18.7. The van der Waals surface area contributed by atoms with Crippen molar-refractivity contribution >= 4 is 21.8 Å². The van der Waals surface area contributed by atoms with Gasteiger partial charge in [-0.3, -0.25) is 9.59 Å². The predicted molar refractivity (Wildman–Crippen MR) is 98.8 cm³/mol. The lowest BCUT2D eigenvalue weighted by molar-refractivity contribution is -0.140. The molecule has 0 spiro atoms. The van der Waals surface area contributed by atoms with Crippen LogP contribution in [0.4, 0.5) is 0 Å². The van der Waals surface area contributed by atoms with Crippen LogP contribution in [0.2, 0.25) is 0 Å². The molecule has 1 N–H and O–H groups in total. The van der Waals surface area contributed by atoms with E-state index in [1.165, 1.54) is 4.31 Å². The molecule has 3 aliphatic rings. The first-order valence-corrected chi connectivity index (χ1v) is 11.6. The van der Waals surface area contributed by atoms with Gasteiger partial charge in [0.2, 0.25) is 21.8 Å². The second kappa shape index (κ2) is 8.25. The third-order valence-electron chi connectivity index (χ3n) is 5.62. The minimum absolute atomic E-state index is 0.0188. The summed E-state index contributed by atoms with van der Waals surface area (Å²) in [7, 11) is -3.26. The number of likely N-dealkylation sites (tertiary alicyclic amines) is 1. The zero-order valence-corrected chi connectivity index (χ0v) is 16.5. The third kappa shape index (κ3) is 4.76. The molecule has 8 heteroatoms. The van der Waals surface area contributed by atoms with Crippen molar-refractivity contribution < 1.29 is 18.0 Å². The largest absolute Gasteiger partial charge is 0.353 e. The summed E-state index contributed by atoms with van der Waals surface area (Å²) in [4.78, 5) is 27.1. The van der Waals surface area contributed by atoms with E-state index in [1.807, 2.05) is 6.92 Å². The Kier molecular flexibility index (Phi) is 6.22. The number of carbonyl (C=O) groups is 2. The average molecular weight is 386 g/mol. The molecule has 1 saturated carbocycles. The molecule has 2 amide bonds. The molecule has 1 aliphatic carbocycles. The maximum absolute atomic E-state index is 13.0. The predicted octanol–water partition coefficient (Wildman–Crippen LogP) is 0.955. The van der Waals surface area contributed by atoms with Crippen LogP contribution in [0.1, 0.15) is 51.9 Å². The molecule has 0 radical (unpaired) electrons. The van der Waals surface area contributed by atoms with Crippen LogP contribution in [0.25, 0.3) is 0 Å². The van der Waals surface area contributed by atoms with Crippen LogP contribution in [-0.4, -0.2) is 67.4 Å². The molecule has 0 aromatic heterocycles. The van der Waals surface area contributed by atoms with Crippen LogP contribution < -0.4 is 5.32 Å². The number of amides is 2. The van der Waals surface area contributed by atoms with E-state index in [4.69, 9.17) is 0 Å². The van der Waals surface area contributed by atoms with E-state index < -0.39 is 10.0 Å². The molecule has 2 heterocycles. The fourth-order valence-electron chi connectivity index (χ4n) is 3.98. The minimum Gasteiger partial charge on any atom is -0.353 e. The smallest absolute Gasteiger partial charge is 0.227 e.